The normalized spacial score (nSPS) is 11.0. The number of hydrogen-bond acceptors (Lipinski definition) is 5. The lowest BCUT2D eigenvalue weighted by atomic mass is 10.0. The molecule has 0 unspecified atom stereocenters. The molecule has 2 N–H and O–H groups in total. The SMILES string of the molecule is CCCOc1cc(-c2cc(=O)c3ccc(O)c(CCC)c3o2)ccc1O. The fourth-order valence-electron chi connectivity index (χ4n) is 2.89. The molecule has 0 aliphatic carbocycles. The smallest absolute Gasteiger partial charge is 0.193 e. The molecule has 0 spiro atoms. The predicted molar refractivity (Wildman–Crippen MR) is 101 cm³/mol. The molecule has 0 saturated heterocycles. The first-order chi connectivity index (χ1) is 12.5. The molecule has 0 aliphatic rings. The third-order valence-corrected chi connectivity index (χ3v) is 4.18. The molecule has 0 bridgehead atoms. The quantitative estimate of drug-likeness (QED) is 0.675. The van der Waals surface area contributed by atoms with Crippen molar-refractivity contribution in [1.29, 1.82) is 0 Å². The van der Waals surface area contributed by atoms with Crippen molar-refractivity contribution in [3.8, 4) is 28.6 Å². The summed E-state index contributed by atoms with van der Waals surface area (Å²) in [6.07, 6.45) is 2.24. The Hall–Kier alpha value is -2.95. The van der Waals surface area contributed by atoms with Crippen molar-refractivity contribution in [3.63, 3.8) is 0 Å². The van der Waals surface area contributed by atoms with Gasteiger partial charge in [0, 0.05) is 17.2 Å². The van der Waals surface area contributed by atoms with Gasteiger partial charge in [-0.05, 0) is 43.2 Å². The first-order valence-corrected chi connectivity index (χ1v) is 8.80. The zero-order valence-electron chi connectivity index (χ0n) is 14.9. The van der Waals surface area contributed by atoms with Crippen LogP contribution in [0.4, 0.5) is 0 Å². The lowest BCUT2D eigenvalue weighted by Gasteiger charge is -2.11. The predicted octanol–water partition coefficient (Wildman–Crippen LogP) is 4.61. The third kappa shape index (κ3) is 3.38. The summed E-state index contributed by atoms with van der Waals surface area (Å²) < 4.78 is 11.5. The maximum absolute atomic E-state index is 12.5. The molecule has 5 nitrogen and oxygen atoms in total. The number of benzene rings is 2. The first-order valence-electron chi connectivity index (χ1n) is 8.80. The summed E-state index contributed by atoms with van der Waals surface area (Å²) in [6.45, 7) is 4.45. The number of ether oxygens (including phenoxy) is 1. The average molecular weight is 354 g/mol. The van der Waals surface area contributed by atoms with Crippen molar-refractivity contribution in [2.75, 3.05) is 6.61 Å². The molecule has 1 heterocycles. The Morgan fingerprint density at radius 2 is 1.77 bits per heavy atom. The summed E-state index contributed by atoms with van der Waals surface area (Å²) in [5.74, 6) is 0.871. The van der Waals surface area contributed by atoms with E-state index in [2.05, 4.69) is 0 Å². The topological polar surface area (TPSA) is 79.9 Å². The second-order valence-corrected chi connectivity index (χ2v) is 6.20. The van der Waals surface area contributed by atoms with E-state index in [0.29, 0.717) is 46.6 Å². The van der Waals surface area contributed by atoms with Crippen LogP contribution in [0, 0.1) is 0 Å². The van der Waals surface area contributed by atoms with E-state index in [9.17, 15) is 15.0 Å². The van der Waals surface area contributed by atoms with Crippen molar-refractivity contribution in [1.82, 2.24) is 0 Å². The van der Waals surface area contributed by atoms with E-state index in [-0.39, 0.29) is 16.9 Å². The van der Waals surface area contributed by atoms with Crippen LogP contribution in [0.5, 0.6) is 17.2 Å². The molecule has 2 aromatic carbocycles. The molecule has 26 heavy (non-hydrogen) atoms. The second-order valence-electron chi connectivity index (χ2n) is 6.20. The summed E-state index contributed by atoms with van der Waals surface area (Å²) in [5.41, 5.74) is 1.48. The number of hydrogen-bond donors (Lipinski definition) is 2. The summed E-state index contributed by atoms with van der Waals surface area (Å²) >= 11 is 0. The molecule has 0 radical (unpaired) electrons. The van der Waals surface area contributed by atoms with Gasteiger partial charge in [0.05, 0.1) is 12.0 Å². The van der Waals surface area contributed by atoms with E-state index >= 15 is 0 Å². The standard InChI is InChI=1S/C21H22O5/c1-3-5-14-16(22)9-7-15-18(24)12-19(26-21(14)15)13-6-8-17(23)20(11-13)25-10-4-2/h6-9,11-12,22-23H,3-5,10H2,1-2H3. The van der Waals surface area contributed by atoms with Gasteiger partial charge in [-0.3, -0.25) is 4.79 Å². The number of phenols is 2. The molecule has 5 heteroatoms. The van der Waals surface area contributed by atoms with Crippen LogP contribution in [0.3, 0.4) is 0 Å². The Morgan fingerprint density at radius 1 is 1.00 bits per heavy atom. The van der Waals surface area contributed by atoms with Gasteiger partial charge in [0.2, 0.25) is 0 Å². The van der Waals surface area contributed by atoms with Crippen molar-refractivity contribution in [3.05, 3.63) is 52.2 Å². The third-order valence-electron chi connectivity index (χ3n) is 4.18. The zero-order valence-corrected chi connectivity index (χ0v) is 14.9. The van der Waals surface area contributed by atoms with E-state index in [1.54, 1.807) is 18.2 Å². The van der Waals surface area contributed by atoms with Gasteiger partial charge in [-0.25, -0.2) is 0 Å². The minimum atomic E-state index is -0.178. The molecule has 0 amide bonds. The number of fused-ring (bicyclic) bond motifs is 1. The van der Waals surface area contributed by atoms with Gasteiger partial charge in [-0.2, -0.15) is 0 Å². The fourth-order valence-corrected chi connectivity index (χ4v) is 2.89. The Labute approximate surface area is 151 Å². The minimum absolute atomic E-state index is 0.0367. The van der Waals surface area contributed by atoms with Crippen LogP contribution in [0.15, 0.2) is 45.6 Å². The van der Waals surface area contributed by atoms with Gasteiger partial charge in [-0.15, -0.1) is 0 Å². The molecule has 136 valence electrons. The van der Waals surface area contributed by atoms with Crippen molar-refractivity contribution in [2.45, 2.75) is 33.1 Å². The molecule has 0 fully saturated rings. The monoisotopic (exact) mass is 354 g/mol. The van der Waals surface area contributed by atoms with Crippen LogP contribution < -0.4 is 10.2 Å². The van der Waals surface area contributed by atoms with Crippen LogP contribution in [0.25, 0.3) is 22.3 Å². The Balaban J connectivity index is 2.17. The van der Waals surface area contributed by atoms with Crippen LogP contribution in [0.2, 0.25) is 0 Å². The molecule has 0 saturated carbocycles. The Morgan fingerprint density at radius 3 is 2.50 bits per heavy atom. The molecular weight excluding hydrogens is 332 g/mol. The highest BCUT2D eigenvalue weighted by atomic mass is 16.5. The van der Waals surface area contributed by atoms with E-state index in [0.717, 1.165) is 12.8 Å². The first kappa shape index (κ1) is 17.9. The van der Waals surface area contributed by atoms with Gasteiger partial charge >= 0.3 is 0 Å². The van der Waals surface area contributed by atoms with E-state index in [4.69, 9.17) is 9.15 Å². The maximum atomic E-state index is 12.5. The molecule has 1 aromatic heterocycles. The number of aromatic hydroxyl groups is 2. The van der Waals surface area contributed by atoms with Gasteiger partial charge in [0.25, 0.3) is 0 Å². The molecule has 0 atom stereocenters. The Kier molecular flexibility index (Phi) is 5.16. The highest BCUT2D eigenvalue weighted by Gasteiger charge is 2.15. The number of phenolic OH excluding ortho intramolecular Hbond substituents is 2. The van der Waals surface area contributed by atoms with Crippen LogP contribution >= 0.6 is 0 Å². The minimum Gasteiger partial charge on any atom is -0.508 e. The zero-order chi connectivity index (χ0) is 18.7. The fraction of sp³-hybridized carbons (Fsp3) is 0.286. The van der Waals surface area contributed by atoms with Crippen molar-refractivity contribution < 1.29 is 19.4 Å². The number of aryl methyl sites for hydroxylation is 1. The summed E-state index contributed by atoms with van der Waals surface area (Å²) in [5, 5.41) is 20.5. The molecule has 0 aliphatic heterocycles. The Bertz CT molecular complexity index is 988. The lowest BCUT2D eigenvalue weighted by Crippen LogP contribution is -2.02. The van der Waals surface area contributed by atoms with Crippen LogP contribution in [-0.4, -0.2) is 16.8 Å². The maximum Gasteiger partial charge on any atom is 0.193 e. The molecule has 3 rings (SSSR count). The van der Waals surface area contributed by atoms with E-state index < -0.39 is 0 Å². The van der Waals surface area contributed by atoms with Crippen molar-refractivity contribution in [2.24, 2.45) is 0 Å². The largest absolute Gasteiger partial charge is 0.508 e. The summed E-state index contributed by atoms with van der Waals surface area (Å²) in [4.78, 5) is 12.5. The van der Waals surface area contributed by atoms with Crippen LogP contribution in [0.1, 0.15) is 32.3 Å². The highest BCUT2D eigenvalue weighted by Crippen LogP contribution is 2.34. The number of rotatable bonds is 6. The molecular formula is C21H22O5. The highest BCUT2D eigenvalue weighted by molar-refractivity contribution is 5.83. The van der Waals surface area contributed by atoms with Crippen LogP contribution in [-0.2, 0) is 6.42 Å². The van der Waals surface area contributed by atoms with Gasteiger partial charge in [0.1, 0.15) is 17.1 Å². The van der Waals surface area contributed by atoms with Gasteiger partial charge in [-0.1, -0.05) is 20.3 Å². The summed E-state index contributed by atoms with van der Waals surface area (Å²) in [6, 6.07) is 9.36. The van der Waals surface area contributed by atoms with Gasteiger partial charge in [0.15, 0.2) is 16.9 Å². The lowest BCUT2D eigenvalue weighted by molar-refractivity contribution is 0.299. The van der Waals surface area contributed by atoms with Crippen molar-refractivity contribution >= 4 is 11.0 Å². The van der Waals surface area contributed by atoms with Gasteiger partial charge < -0.3 is 19.4 Å². The van der Waals surface area contributed by atoms with E-state index in [1.807, 2.05) is 13.8 Å². The second kappa shape index (κ2) is 7.52. The molecule has 3 aromatic rings. The average Bonchev–Trinajstić information content (AvgIpc) is 2.63. The van der Waals surface area contributed by atoms with E-state index in [1.165, 1.54) is 18.2 Å². The summed E-state index contributed by atoms with van der Waals surface area (Å²) in [7, 11) is 0.